The topological polar surface area (TPSA) is 78.9 Å². The third kappa shape index (κ3) is 5.68. The van der Waals surface area contributed by atoms with Gasteiger partial charge in [0.25, 0.3) is 5.91 Å². The average Bonchev–Trinajstić information content (AvgIpc) is 3.47. The molecule has 0 saturated carbocycles. The van der Waals surface area contributed by atoms with Gasteiger partial charge in [-0.25, -0.2) is 4.98 Å². The summed E-state index contributed by atoms with van der Waals surface area (Å²) < 4.78 is 5.74. The summed E-state index contributed by atoms with van der Waals surface area (Å²) in [5, 5.41) is 15.8. The summed E-state index contributed by atoms with van der Waals surface area (Å²) in [5.41, 5.74) is 2.77. The molecule has 2 heterocycles. The molecule has 0 atom stereocenters. The molecule has 158 valence electrons. The Morgan fingerprint density at radius 3 is 2.69 bits per heavy atom. The van der Waals surface area contributed by atoms with Gasteiger partial charge in [0.2, 0.25) is 0 Å². The van der Waals surface area contributed by atoms with Crippen LogP contribution in [-0.4, -0.2) is 10.9 Å². The van der Waals surface area contributed by atoms with Crippen molar-refractivity contribution in [3.63, 3.8) is 0 Å². The molecule has 32 heavy (non-hydrogen) atoms. The molecular weight excluding hydrogens is 462 g/mol. The van der Waals surface area contributed by atoms with E-state index in [0.29, 0.717) is 26.8 Å². The van der Waals surface area contributed by atoms with Gasteiger partial charge < -0.3 is 4.42 Å². The van der Waals surface area contributed by atoms with Crippen molar-refractivity contribution in [1.29, 1.82) is 5.26 Å². The van der Waals surface area contributed by atoms with Gasteiger partial charge in [0, 0.05) is 27.8 Å². The van der Waals surface area contributed by atoms with Gasteiger partial charge >= 0.3 is 0 Å². The average molecular weight is 478 g/mol. The van der Waals surface area contributed by atoms with Crippen molar-refractivity contribution in [3.8, 4) is 17.3 Å². The van der Waals surface area contributed by atoms with Crippen molar-refractivity contribution in [2.45, 2.75) is 10.8 Å². The molecule has 0 fully saturated rings. The number of nitrogens with one attached hydrogen (secondary N) is 1. The maximum Gasteiger partial charge on any atom is 0.268 e. The molecule has 1 N–H and O–H groups in total. The molecule has 4 rings (SSSR count). The van der Waals surface area contributed by atoms with Crippen molar-refractivity contribution in [2.24, 2.45) is 0 Å². The number of amides is 1. The molecule has 0 radical (unpaired) electrons. The Morgan fingerprint density at radius 2 is 1.94 bits per heavy atom. The van der Waals surface area contributed by atoms with Gasteiger partial charge in [0.05, 0.1) is 5.69 Å². The Bertz CT molecular complexity index is 1290. The van der Waals surface area contributed by atoms with Crippen LogP contribution in [0.2, 0.25) is 5.02 Å². The fourth-order valence-corrected chi connectivity index (χ4v) is 4.41. The van der Waals surface area contributed by atoms with Gasteiger partial charge in [-0.1, -0.05) is 65.8 Å². The molecule has 0 spiro atoms. The van der Waals surface area contributed by atoms with E-state index in [1.807, 2.05) is 72.1 Å². The molecule has 2 aromatic carbocycles. The summed E-state index contributed by atoms with van der Waals surface area (Å²) in [4.78, 5) is 17.0. The molecule has 5 nitrogen and oxygen atoms in total. The van der Waals surface area contributed by atoms with Gasteiger partial charge in [-0.15, -0.1) is 11.3 Å². The molecule has 8 heteroatoms. The maximum atomic E-state index is 12.5. The van der Waals surface area contributed by atoms with Crippen molar-refractivity contribution in [2.75, 3.05) is 5.32 Å². The number of halogens is 1. The van der Waals surface area contributed by atoms with E-state index in [4.69, 9.17) is 16.0 Å². The molecule has 0 unspecified atom stereocenters. The predicted octanol–water partition coefficient (Wildman–Crippen LogP) is 6.89. The first-order valence-electron chi connectivity index (χ1n) is 9.52. The van der Waals surface area contributed by atoms with Crippen LogP contribution in [-0.2, 0) is 10.5 Å². The van der Waals surface area contributed by atoms with Crippen molar-refractivity contribution < 1.29 is 9.21 Å². The smallest absolute Gasteiger partial charge is 0.268 e. The minimum absolute atomic E-state index is 0.0648. The summed E-state index contributed by atoms with van der Waals surface area (Å²) in [6.07, 6.45) is 1.42. The monoisotopic (exact) mass is 477 g/mol. The van der Waals surface area contributed by atoms with Gasteiger partial charge in [0.1, 0.15) is 17.4 Å². The van der Waals surface area contributed by atoms with Gasteiger partial charge in [0.15, 0.2) is 10.2 Å². The number of thiazole rings is 1. The molecular formula is C24H16ClN3O2S2. The largest absolute Gasteiger partial charge is 0.450 e. The highest BCUT2D eigenvalue weighted by Crippen LogP contribution is 2.27. The van der Waals surface area contributed by atoms with Crippen LogP contribution in [0.4, 0.5) is 5.13 Å². The lowest BCUT2D eigenvalue weighted by atomic mass is 10.2. The van der Waals surface area contributed by atoms with Crippen LogP contribution >= 0.6 is 34.7 Å². The normalized spacial score (nSPS) is 11.2. The third-order valence-electron chi connectivity index (χ3n) is 4.34. The lowest BCUT2D eigenvalue weighted by Crippen LogP contribution is -2.13. The Balaban J connectivity index is 1.39. The number of hydrogen-bond acceptors (Lipinski definition) is 6. The minimum atomic E-state index is -0.534. The second kappa shape index (κ2) is 10.3. The predicted molar refractivity (Wildman–Crippen MR) is 129 cm³/mol. The van der Waals surface area contributed by atoms with Crippen LogP contribution in [0, 0.1) is 11.3 Å². The van der Waals surface area contributed by atoms with Crippen LogP contribution < -0.4 is 5.32 Å². The highest BCUT2D eigenvalue weighted by atomic mass is 35.5. The summed E-state index contributed by atoms with van der Waals surface area (Å²) in [6.45, 7) is 0. The number of nitriles is 1. The quantitative estimate of drug-likeness (QED) is 0.178. The molecule has 4 aromatic rings. The van der Waals surface area contributed by atoms with E-state index in [2.05, 4.69) is 10.3 Å². The Hall–Kier alpha value is -3.31. The van der Waals surface area contributed by atoms with E-state index in [0.717, 1.165) is 16.8 Å². The Kier molecular flexibility index (Phi) is 7.07. The van der Waals surface area contributed by atoms with E-state index in [1.54, 1.807) is 6.07 Å². The lowest BCUT2D eigenvalue weighted by Gasteiger charge is -2.00. The maximum absolute atomic E-state index is 12.5. The summed E-state index contributed by atoms with van der Waals surface area (Å²) in [6, 6.07) is 22.7. The van der Waals surface area contributed by atoms with Gasteiger partial charge in [-0.3, -0.25) is 10.1 Å². The summed E-state index contributed by atoms with van der Waals surface area (Å²) in [5.74, 6) is 0.611. The molecule has 1 amide bonds. The zero-order chi connectivity index (χ0) is 22.3. The first-order chi connectivity index (χ1) is 15.6. The first kappa shape index (κ1) is 21.9. The van der Waals surface area contributed by atoms with E-state index >= 15 is 0 Å². The zero-order valence-electron chi connectivity index (χ0n) is 16.6. The fraction of sp³-hybridized carbons (Fsp3) is 0.0417. The van der Waals surface area contributed by atoms with Crippen molar-refractivity contribution in [3.05, 3.63) is 94.0 Å². The van der Waals surface area contributed by atoms with Crippen LogP contribution in [0.5, 0.6) is 0 Å². The molecule has 0 saturated heterocycles. The zero-order valence-corrected chi connectivity index (χ0v) is 19.0. The number of rotatable bonds is 7. The highest BCUT2D eigenvalue weighted by molar-refractivity contribution is 7.98. The number of aromatic nitrogens is 1. The fourth-order valence-electron chi connectivity index (χ4n) is 2.75. The highest BCUT2D eigenvalue weighted by Gasteiger charge is 2.14. The van der Waals surface area contributed by atoms with Gasteiger partial charge in [-0.2, -0.15) is 5.26 Å². The number of furan rings is 1. The number of carbonyl (C=O) groups is 1. The second-order valence-electron chi connectivity index (χ2n) is 6.60. The van der Waals surface area contributed by atoms with Gasteiger partial charge in [-0.05, 0) is 29.8 Å². The Labute approximate surface area is 198 Å². The second-order valence-corrected chi connectivity index (χ2v) is 8.87. The van der Waals surface area contributed by atoms with E-state index < -0.39 is 5.91 Å². The first-order valence-corrected chi connectivity index (χ1v) is 11.8. The number of anilines is 1. The number of carbonyl (C=O) groups excluding carboxylic acids is 1. The number of benzene rings is 2. The third-order valence-corrected chi connectivity index (χ3v) is 6.33. The molecule has 0 aliphatic rings. The van der Waals surface area contributed by atoms with E-state index in [9.17, 15) is 10.1 Å². The molecule has 0 aliphatic carbocycles. The lowest BCUT2D eigenvalue weighted by molar-refractivity contribution is -0.112. The minimum Gasteiger partial charge on any atom is -0.450 e. The van der Waals surface area contributed by atoms with Crippen LogP contribution in [0.3, 0.4) is 0 Å². The molecule has 0 bridgehead atoms. The van der Waals surface area contributed by atoms with Crippen LogP contribution in [0.1, 0.15) is 11.3 Å². The van der Waals surface area contributed by atoms with Crippen molar-refractivity contribution in [1.82, 2.24) is 4.98 Å². The number of nitrogens with zero attached hydrogens (tertiary/aromatic N) is 2. The standard InChI is InChI=1S/C24H16ClN3O2S2/c25-19-8-6-16(7-9-19)14-31-22-11-10-20(30-22)12-18(13-26)23(29)28-24-27-21(15-32-24)17-4-2-1-3-5-17/h1-12,15H,14H2,(H,27,28,29). The molecule has 2 aromatic heterocycles. The summed E-state index contributed by atoms with van der Waals surface area (Å²) in [7, 11) is 0. The summed E-state index contributed by atoms with van der Waals surface area (Å²) >= 11 is 8.72. The van der Waals surface area contributed by atoms with Crippen molar-refractivity contribution >= 4 is 51.8 Å². The van der Waals surface area contributed by atoms with E-state index in [-0.39, 0.29) is 5.57 Å². The molecule has 0 aliphatic heterocycles. The van der Waals surface area contributed by atoms with Crippen LogP contribution in [0.15, 0.2) is 87.2 Å². The van der Waals surface area contributed by atoms with E-state index in [1.165, 1.54) is 29.2 Å². The Morgan fingerprint density at radius 1 is 1.16 bits per heavy atom. The number of thioether (sulfide) groups is 1. The van der Waals surface area contributed by atoms with Crippen LogP contribution in [0.25, 0.3) is 17.3 Å². The number of hydrogen-bond donors (Lipinski definition) is 1. The SMILES string of the molecule is N#CC(=Cc1ccc(SCc2ccc(Cl)cc2)o1)C(=O)Nc1nc(-c2ccccc2)cs1.